The lowest BCUT2D eigenvalue weighted by Crippen LogP contribution is -2.27. The number of carbonyl (C=O) groups is 1. The first-order valence-corrected chi connectivity index (χ1v) is 11.6. The highest BCUT2D eigenvalue weighted by Crippen LogP contribution is 2.29. The van der Waals surface area contributed by atoms with Crippen LogP contribution in [-0.2, 0) is 21.2 Å². The van der Waals surface area contributed by atoms with Crippen LogP contribution in [0.3, 0.4) is 0 Å². The van der Waals surface area contributed by atoms with Gasteiger partial charge in [-0.25, -0.2) is 13.1 Å². The van der Waals surface area contributed by atoms with E-state index in [1.165, 1.54) is 23.5 Å². The van der Waals surface area contributed by atoms with Gasteiger partial charge in [0.2, 0.25) is 21.1 Å². The lowest BCUT2D eigenvalue weighted by atomic mass is 10.1. The Balaban J connectivity index is 1.51. The van der Waals surface area contributed by atoms with Gasteiger partial charge in [-0.15, -0.1) is 10.2 Å². The smallest absolute Gasteiger partial charge is 0.240 e. The van der Waals surface area contributed by atoms with Crippen LogP contribution < -0.4 is 19.5 Å². The van der Waals surface area contributed by atoms with Gasteiger partial charge in [0.15, 0.2) is 11.5 Å². The fourth-order valence-electron chi connectivity index (χ4n) is 2.70. The van der Waals surface area contributed by atoms with Crippen molar-refractivity contribution in [3.05, 3.63) is 59.1 Å². The average molecular weight is 463 g/mol. The molecule has 0 saturated carbocycles. The summed E-state index contributed by atoms with van der Waals surface area (Å²) in [5.41, 5.74) is 0.960. The molecule has 3 aromatic rings. The maximum absolute atomic E-state index is 12.2. The molecule has 0 atom stereocenters. The van der Waals surface area contributed by atoms with Crippen molar-refractivity contribution >= 4 is 32.4 Å². The number of sulfonamides is 1. The van der Waals surface area contributed by atoms with Gasteiger partial charge in [-0.1, -0.05) is 35.6 Å². The van der Waals surface area contributed by atoms with Gasteiger partial charge in [-0.05, 0) is 29.8 Å². The van der Waals surface area contributed by atoms with E-state index in [0.717, 1.165) is 5.56 Å². The van der Waals surface area contributed by atoms with Crippen molar-refractivity contribution in [2.45, 2.75) is 17.7 Å². The number of benzene rings is 2. The Kier molecular flexibility index (Phi) is 7.55. The largest absolute Gasteiger partial charge is 0.493 e. The summed E-state index contributed by atoms with van der Waals surface area (Å²) >= 11 is 1.25. The molecule has 1 amide bonds. The lowest BCUT2D eigenvalue weighted by molar-refractivity contribution is -0.116. The summed E-state index contributed by atoms with van der Waals surface area (Å²) in [5, 5.41) is 11.8. The molecule has 3 rings (SSSR count). The molecule has 0 spiro atoms. The number of aromatic nitrogens is 2. The minimum Gasteiger partial charge on any atom is -0.493 e. The Morgan fingerprint density at radius 1 is 1.03 bits per heavy atom. The van der Waals surface area contributed by atoms with Gasteiger partial charge in [0.05, 0.1) is 19.1 Å². The van der Waals surface area contributed by atoms with Gasteiger partial charge in [-0.2, -0.15) is 0 Å². The van der Waals surface area contributed by atoms with Crippen molar-refractivity contribution in [1.29, 1.82) is 0 Å². The Morgan fingerprint density at radius 3 is 2.48 bits per heavy atom. The molecule has 1 aromatic heterocycles. The number of methoxy groups -OCH3 is 2. The predicted octanol–water partition coefficient (Wildman–Crippen LogP) is 2.45. The molecular formula is C20H22N4O5S2. The second-order valence-electron chi connectivity index (χ2n) is 6.38. The average Bonchev–Trinajstić information content (AvgIpc) is 3.20. The number of rotatable bonds is 10. The van der Waals surface area contributed by atoms with E-state index >= 15 is 0 Å². The van der Waals surface area contributed by atoms with Crippen LogP contribution in [0.25, 0.3) is 0 Å². The molecule has 0 radical (unpaired) electrons. The first-order valence-electron chi connectivity index (χ1n) is 9.29. The molecule has 31 heavy (non-hydrogen) atoms. The van der Waals surface area contributed by atoms with Gasteiger partial charge >= 0.3 is 0 Å². The van der Waals surface area contributed by atoms with Gasteiger partial charge < -0.3 is 14.8 Å². The molecular weight excluding hydrogens is 440 g/mol. The maximum Gasteiger partial charge on any atom is 0.240 e. The van der Waals surface area contributed by atoms with Crippen molar-refractivity contribution in [3.8, 4) is 11.5 Å². The van der Waals surface area contributed by atoms with Crippen LogP contribution in [0.1, 0.15) is 17.0 Å². The number of nitrogens with zero attached hydrogens (tertiary/aromatic N) is 2. The molecule has 0 saturated heterocycles. The van der Waals surface area contributed by atoms with Crippen molar-refractivity contribution in [2.24, 2.45) is 0 Å². The highest BCUT2D eigenvalue weighted by atomic mass is 32.2. The molecule has 0 aliphatic heterocycles. The molecule has 1 heterocycles. The predicted molar refractivity (Wildman–Crippen MR) is 117 cm³/mol. The van der Waals surface area contributed by atoms with Crippen LogP contribution >= 0.6 is 11.3 Å². The normalized spacial score (nSPS) is 11.2. The Bertz CT molecular complexity index is 1130. The van der Waals surface area contributed by atoms with E-state index in [-0.39, 0.29) is 23.8 Å². The second kappa shape index (κ2) is 10.3. The summed E-state index contributed by atoms with van der Waals surface area (Å²) in [5.74, 6) is 0.903. The molecule has 2 aromatic carbocycles. The van der Waals surface area contributed by atoms with Gasteiger partial charge in [0.1, 0.15) is 5.01 Å². The summed E-state index contributed by atoms with van der Waals surface area (Å²) in [6.45, 7) is -0.0274. The Morgan fingerprint density at radius 2 is 1.77 bits per heavy atom. The third-order valence-corrected chi connectivity index (χ3v) is 6.53. The van der Waals surface area contributed by atoms with Crippen LogP contribution in [0.4, 0.5) is 5.13 Å². The van der Waals surface area contributed by atoms with Crippen molar-refractivity contribution in [2.75, 3.05) is 26.1 Å². The molecule has 0 aliphatic rings. The number of anilines is 1. The molecule has 0 unspecified atom stereocenters. The molecule has 0 fully saturated rings. The van der Waals surface area contributed by atoms with E-state index in [9.17, 15) is 13.2 Å². The zero-order valence-corrected chi connectivity index (χ0v) is 18.6. The number of hydrogen-bond acceptors (Lipinski definition) is 8. The number of amides is 1. The topological polar surface area (TPSA) is 120 Å². The monoisotopic (exact) mass is 462 g/mol. The summed E-state index contributed by atoms with van der Waals surface area (Å²) in [7, 11) is -0.502. The quantitative estimate of drug-likeness (QED) is 0.475. The van der Waals surface area contributed by atoms with E-state index in [2.05, 4.69) is 20.2 Å². The number of hydrogen-bond donors (Lipinski definition) is 2. The molecule has 2 N–H and O–H groups in total. The van der Waals surface area contributed by atoms with Crippen LogP contribution in [0.15, 0.2) is 53.4 Å². The van der Waals surface area contributed by atoms with Gasteiger partial charge in [0.25, 0.3) is 0 Å². The van der Waals surface area contributed by atoms with E-state index in [0.29, 0.717) is 28.1 Å². The Labute approximate surface area is 184 Å². The summed E-state index contributed by atoms with van der Waals surface area (Å²) in [4.78, 5) is 12.3. The maximum atomic E-state index is 12.2. The highest BCUT2D eigenvalue weighted by molar-refractivity contribution is 7.89. The van der Waals surface area contributed by atoms with E-state index in [1.54, 1.807) is 32.4 Å². The number of ether oxygens (including phenoxy) is 2. The van der Waals surface area contributed by atoms with Crippen molar-refractivity contribution in [3.63, 3.8) is 0 Å². The van der Waals surface area contributed by atoms with Gasteiger partial charge in [-0.3, -0.25) is 4.79 Å². The molecule has 0 aliphatic carbocycles. The minimum absolute atomic E-state index is 0.0274. The standard InChI is InChI=1S/C20H22N4O5S2/c1-28-16-9-8-14(12-17(16)29-2)13-19-23-24-20(30-19)22-18(25)10-11-21-31(26,27)15-6-4-3-5-7-15/h3-9,12,21H,10-11,13H2,1-2H3,(H,22,24,25). The van der Waals surface area contributed by atoms with Crippen LogP contribution in [0.5, 0.6) is 11.5 Å². The second-order valence-corrected chi connectivity index (χ2v) is 9.21. The van der Waals surface area contributed by atoms with E-state index in [4.69, 9.17) is 9.47 Å². The SMILES string of the molecule is COc1ccc(Cc2nnc(NC(=O)CCNS(=O)(=O)c3ccccc3)s2)cc1OC. The molecule has 0 bridgehead atoms. The minimum atomic E-state index is -3.64. The fourth-order valence-corrected chi connectivity index (χ4v) is 4.55. The zero-order valence-electron chi connectivity index (χ0n) is 17.0. The van der Waals surface area contributed by atoms with Crippen LogP contribution in [0.2, 0.25) is 0 Å². The summed E-state index contributed by atoms with van der Waals surface area (Å²) < 4.78 is 37.2. The summed E-state index contributed by atoms with van der Waals surface area (Å²) in [6.07, 6.45) is 0.488. The van der Waals surface area contributed by atoms with E-state index in [1.807, 2.05) is 18.2 Å². The van der Waals surface area contributed by atoms with Crippen molar-refractivity contribution in [1.82, 2.24) is 14.9 Å². The highest BCUT2D eigenvalue weighted by Gasteiger charge is 2.14. The molecule has 11 heteroatoms. The lowest BCUT2D eigenvalue weighted by Gasteiger charge is -2.08. The van der Waals surface area contributed by atoms with Crippen LogP contribution in [-0.4, -0.2) is 45.3 Å². The Hall–Kier alpha value is -3.02. The number of nitrogens with one attached hydrogen (secondary N) is 2. The fraction of sp³-hybridized carbons (Fsp3) is 0.250. The number of carbonyl (C=O) groups excluding carboxylic acids is 1. The summed E-state index contributed by atoms with van der Waals surface area (Å²) in [6, 6.07) is 13.6. The van der Waals surface area contributed by atoms with E-state index < -0.39 is 10.0 Å². The third kappa shape index (κ3) is 6.23. The first kappa shape index (κ1) is 22.7. The third-order valence-electron chi connectivity index (χ3n) is 4.21. The van der Waals surface area contributed by atoms with Gasteiger partial charge in [0, 0.05) is 19.4 Å². The molecule has 9 nitrogen and oxygen atoms in total. The first-order chi connectivity index (χ1) is 14.9. The van der Waals surface area contributed by atoms with Crippen LogP contribution in [0, 0.1) is 0 Å². The zero-order chi connectivity index (χ0) is 22.3. The molecule has 164 valence electrons. The van der Waals surface area contributed by atoms with Crippen molar-refractivity contribution < 1.29 is 22.7 Å².